The van der Waals surface area contributed by atoms with Crippen LogP contribution in [0.15, 0.2) is 24.3 Å². The molecule has 2 amide bonds. The quantitative estimate of drug-likeness (QED) is 0.869. The van der Waals surface area contributed by atoms with Gasteiger partial charge in [-0.1, -0.05) is 43.9 Å². The zero-order valence-corrected chi connectivity index (χ0v) is 14.0. The van der Waals surface area contributed by atoms with Crippen LogP contribution in [-0.4, -0.2) is 28.8 Å². The summed E-state index contributed by atoms with van der Waals surface area (Å²) in [5, 5.41) is 3.21. The predicted molar refractivity (Wildman–Crippen MR) is 90.1 cm³/mol. The summed E-state index contributed by atoms with van der Waals surface area (Å²) in [5.74, 6) is -0.0551. The maximum atomic E-state index is 12.9. The van der Waals surface area contributed by atoms with Gasteiger partial charge in [0.25, 0.3) is 5.91 Å². The molecule has 1 fully saturated rings. The molecule has 1 aliphatic carbocycles. The predicted octanol–water partition coefficient (Wildman–Crippen LogP) is 3.43. The normalized spacial score (nSPS) is 22.1. The molecule has 1 heterocycles. The van der Waals surface area contributed by atoms with Crippen LogP contribution < -0.4 is 5.32 Å². The van der Waals surface area contributed by atoms with Crippen molar-refractivity contribution < 1.29 is 9.59 Å². The highest BCUT2D eigenvalue weighted by atomic mass is 16.2. The Morgan fingerprint density at radius 2 is 1.78 bits per heavy atom. The summed E-state index contributed by atoms with van der Waals surface area (Å²) in [5.41, 5.74) is 1.51. The van der Waals surface area contributed by atoms with E-state index in [1.165, 1.54) is 25.7 Å². The first kappa shape index (κ1) is 16.0. The van der Waals surface area contributed by atoms with Gasteiger partial charge in [0.05, 0.1) is 0 Å². The second kappa shape index (κ2) is 6.73. The summed E-state index contributed by atoms with van der Waals surface area (Å²) in [6, 6.07) is 7.27. The molecule has 1 aliphatic heterocycles. The summed E-state index contributed by atoms with van der Waals surface area (Å²) in [7, 11) is 0. The minimum Gasteiger partial charge on any atom is -0.351 e. The number of amides is 2. The smallest absolute Gasteiger partial charge is 0.255 e. The summed E-state index contributed by atoms with van der Waals surface area (Å²) in [4.78, 5) is 27.3. The molecule has 23 heavy (non-hydrogen) atoms. The molecule has 1 atom stereocenters. The lowest BCUT2D eigenvalue weighted by atomic mass is 10.0. The Hall–Kier alpha value is -1.84. The molecule has 2 aliphatic rings. The Balaban J connectivity index is 1.83. The number of nitrogens with zero attached hydrogens (tertiary/aromatic N) is 1. The molecular weight excluding hydrogens is 288 g/mol. The number of fused-ring (bicyclic) bond motifs is 1. The van der Waals surface area contributed by atoms with Crippen molar-refractivity contribution in [1.82, 2.24) is 10.2 Å². The highest BCUT2D eigenvalue weighted by Crippen LogP contribution is 2.35. The van der Waals surface area contributed by atoms with Crippen LogP contribution in [0.1, 0.15) is 74.3 Å². The Morgan fingerprint density at radius 3 is 2.43 bits per heavy atom. The number of hydrogen-bond donors (Lipinski definition) is 1. The average Bonchev–Trinajstić information content (AvgIpc) is 2.67. The lowest BCUT2D eigenvalue weighted by Gasteiger charge is -2.29. The van der Waals surface area contributed by atoms with Crippen molar-refractivity contribution in [3.63, 3.8) is 0 Å². The number of rotatable bonds is 3. The molecule has 0 unspecified atom stereocenters. The van der Waals surface area contributed by atoms with Gasteiger partial charge in [0.2, 0.25) is 5.91 Å². The Morgan fingerprint density at radius 1 is 1.13 bits per heavy atom. The van der Waals surface area contributed by atoms with Crippen LogP contribution in [0.25, 0.3) is 0 Å². The molecule has 0 radical (unpaired) electrons. The molecule has 1 saturated carbocycles. The monoisotopic (exact) mass is 314 g/mol. The van der Waals surface area contributed by atoms with Gasteiger partial charge in [-0.05, 0) is 38.3 Å². The number of nitrogens with one attached hydrogen (secondary N) is 1. The van der Waals surface area contributed by atoms with Crippen LogP contribution >= 0.6 is 0 Å². The second-order valence-electron chi connectivity index (χ2n) is 6.99. The molecule has 0 bridgehead atoms. The third-order valence-corrected chi connectivity index (χ3v) is 5.00. The minimum atomic E-state index is -0.484. The fraction of sp³-hybridized carbons (Fsp3) is 0.579. The highest BCUT2D eigenvalue weighted by molar-refractivity contribution is 6.04. The van der Waals surface area contributed by atoms with Gasteiger partial charge in [-0.3, -0.25) is 9.59 Å². The molecule has 0 saturated heterocycles. The van der Waals surface area contributed by atoms with E-state index in [4.69, 9.17) is 0 Å². The average molecular weight is 314 g/mol. The molecule has 1 aromatic rings. The summed E-state index contributed by atoms with van der Waals surface area (Å²) in [6.45, 7) is 3.94. The Kier molecular flexibility index (Phi) is 4.69. The number of carbonyl (C=O) groups is 2. The molecule has 3 rings (SSSR count). The van der Waals surface area contributed by atoms with Gasteiger partial charge in [-0.2, -0.15) is 0 Å². The van der Waals surface area contributed by atoms with E-state index in [-0.39, 0.29) is 23.9 Å². The standard InChI is InChI=1S/C19H26N2O2/c1-13(2)21-17(15-11-7-8-12-16(15)19(21)23)18(22)20-14-9-5-3-4-6-10-14/h7-8,11-14,17H,3-6,9-10H2,1-2H3,(H,20,22)/t17-/m1/s1. The maximum absolute atomic E-state index is 12.9. The van der Waals surface area contributed by atoms with Crippen molar-refractivity contribution >= 4 is 11.8 Å². The molecule has 4 heteroatoms. The van der Waals surface area contributed by atoms with Crippen LogP contribution in [0, 0.1) is 0 Å². The van der Waals surface area contributed by atoms with Gasteiger partial charge >= 0.3 is 0 Å². The SMILES string of the molecule is CC(C)N1C(=O)c2ccccc2[C@@H]1C(=O)NC1CCCCCC1. The van der Waals surface area contributed by atoms with Crippen molar-refractivity contribution in [3.05, 3.63) is 35.4 Å². The zero-order valence-electron chi connectivity index (χ0n) is 14.0. The zero-order chi connectivity index (χ0) is 16.4. The van der Waals surface area contributed by atoms with E-state index in [9.17, 15) is 9.59 Å². The van der Waals surface area contributed by atoms with Gasteiger partial charge in [0.1, 0.15) is 6.04 Å². The van der Waals surface area contributed by atoms with Crippen molar-refractivity contribution in [1.29, 1.82) is 0 Å². The summed E-state index contributed by atoms with van der Waals surface area (Å²) < 4.78 is 0. The molecule has 0 aromatic heterocycles. The van der Waals surface area contributed by atoms with Crippen LogP contribution in [0.2, 0.25) is 0 Å². The summed E-state index contributed by atoms with van der Waals surface area (Å²) in [6.07, 6.45) is 6.98. The van der Waals surface area contributed by atoms with Gasteiger partial charge in [-0.25, -0.2) is 0 Å². The van der Waals surface area contributed by atoms with Gasteiger partial charge in [-0.15, -0.1) is 0 Å². The van der Waals surface area contributed by atoms with E-state index in [0.29, 0.717) is 5.56 Å². The lowest BCUT2D eigenvalue weighted by molar-refractivity contribution is -0.126. The highest BCUT2D eigenvalue weighted by Gasteiger charge is 2.42. The minimum absolute atomic E-state index is 0.000200. The van der Waals surface area contributed by atoms with Crippen LogP contribution in [0.3, 0.4) is 0 Å². The van der Waals surface area contributed by atoms with Gasteiger partial charge in [0, 0.05) is 17.6 Å². The van der Waals surface area contributed by atoms with Crippen LogP contribution in [0.4, 0.5) is 0 Å². The number of carbonyl (C=O) groups excluding carboxylic acids is 2. The topological polar surface area (TPSA) is 49.4 Å². The van der Waals surface area contributed by atoms with Crippen molar-refractivity contribution in [3.8, 4) is 0 Å². The van der Waals surface area contributed by atoms with E-state index in [1.807, 2.05) is 38.1 Å². The van der Waals surface area contributed by atoms with Gasteiger partial charge < -0.3 is 10.2 Å². The van der Waals surface area contributed by atoms with Crippen molar-refractivity contribution in [2.45, 2.75) is 70.5 Å². The van der Waals surface area contributed by atoms with Crippen LogP contribution in [0.5, 0.6) is 0 Å². The molecule has 4 nitrogen and oxygen atoms in total. The first-order valence-corrected chi connectivity index (χ1v) is 8.81. The number of hydrogen-bond acceptors (Lipinski definition) is 2. The van der Waals surface area contributed by atoms with E-state index >= 15 is 0 Å². The van der Waals surface area contributed by atoms with E-state index in [0.717, 1.165) is 18.4 Å². The second-order valence-corrected chi connectivity index (χ2v) is 6.99. The summed E-state index contributed by atoms with van der Waals surface area (Å²) >= 11 is 0. The van der Waals surface area contributed by atoms with Crippen LogP contribution in [-0.2, 0) is 4.79 Å². The van der Waals surface area contributed by atoms with E-state index in [2.05, 4.69) is 5.32 Å². The largest absolute Gasteiger partial charge is 0.351 e. The first-order chi connectivity index (χ1) is 11.1. The Bertz CT molecular complexity index is 589. The number of benzene rings is 1. The molecule has 1 N–H and O–H groups in total. The van der Waals surface area contributed by atoms with Gasteiger partial charge in [0.15, 0.2) is 0 Å². The first-order valence-electron chi connectivity index (χ1n) is 8.81. The fourth-order valence-electron chi connectivity index (χ4n) is 3.84. The molecule has 1 aromatic carbocycles. The third-order valence-electron chi connectivity index (χ3n) is 5.00. The molecule has 0 spiro atoms. The Labute approximate surface area is 138 Å². The lowest BCUT2D eigenvalue weighted by Crippen LogP contribution is -2.45. The maximum Gasteiger partial charge on any atom is 0.255 e. The molecule has 124 valence electrons. The molecular formula is C19H26N2O2. The van der Waals surface area contributed by atoms with Crippen molar-refractivity contribution in [2.75, 3.05) is 0 Å². The third kappa shape index (κ3) is 3.12. The van der Waals surface area contributed by atoms with E-state index in [1.54, 1.807) is 4.90 Å². The fourth-order valence-corrected chi connectivity index (χ4v) is 3.84. The van der Waals surface area contributed by atoms with E-state index < -0.39 is 6.04 Å². The van der Waals surface area contributed by atoms with Crippen molar-refractivity contribution in [2.24, 2.45) is 0 Å².